The first-order valence-electron chi connectivity index (χ1n) is 6.59. The Balaban J connectivity index is 2.31. The molecule has 1 aliphatic rings. The van der Waals surface area contributed by atoms with Crippen LogP contribution in [0.1, 0.15) is 24.2 Å². The number of benzene rings is 2. The second-order valence-electron chi connectivity index (χ2n) is 5.06. The molecule has 0 spiro atoms. The number of carbonyl (C=O) groups excluding carboxylic acids is 1. The topological polar surface area (TPSA) is 23.6 Å². The molecule has 20 heavy (non-hydrogen) atoms. The third-order valence-electron chi connectivity index (χ3n) is 3.43. The summed E-state index contributed by atoms with van der Waals surface area (Å²) in [5.74, 6) is 0.0576. The quantitative estimate of drug-likeness (QED) is 0.537. The molecular weight excluding hydrogens is 363 g/mol. The van der Waals surface area contributed by atoms with Crippen LogP contribution in [-0.4, -0.2) is 11.9 Å². The summed E-state index contributed by atoms with van der Waals surface area (Å²) in [6.45, 7) is 4.08. The summed E-state index contributed by atoms with van der Waals surface area (Å²) in [7, 11) is 0. The van der Waals surface area contributed by atoms with E-state index in [4.69, 9.17) is 0 Å². The Bertz CT molecular complexity index is 669. The Morgan fingerprint density at radius 3 is 2.10 bits per heavy atom. The van der Waals surface area contributed by atoms with Gasteiger partial charge in [0.2, 0.25) is 0 Å². The van der Waals surface area contributed by atoms with E-state index in [1.165, 1.54) is 0 Å². The van der Waals surface area contributed by atoms with Crippen molar-refractivity contribution in [2.45, 2.75) is 19.9 Å². The van der Waals surface area contributed by atoms with Crippen LogP contribution in [0, 0.1) is 0 Å². The molecule has 0 N–H and O–H groups in total. The summed E-state index contributed by atoms with van der Waals surface area (Å²) in [4.78, 5) is 14.8. The van der Waals surface area contributed by atoms with Crippen LogP contribution < -0.4 is 8.01 Å². The van der Waals surface area contributed by atoms with Crippen molar-refractivity contribution in [3.05, 3.63) is 54.1 Å². The van der Waals surface area contributed by atoms with Crippen molar-refractivity contribution >= 4 is 45.8 Å². The third kappa shape index (κ3) is 1.98. The van der Waals surface area contributed by atoms with Gasteiger partial charge in [-0.15, -0.1) is 0 Å². The monoisotopic (exact) mass is 378 g/mol. The molecule has 0 saturated carbocycles. The number of anilines is 3. The van der Waals surface area contributed by atoms with Gasteiger partial charge in [-0.05, 0) is 38.1 Å². The van der Waals surface area contributed by atoms with Gasteiger partial charge in [-0.25, -0.2) is 0 Å². The second-order valence-corrected chi connectivity index (χ2v) is 6.02. The van der Waals surface area contributed by atoms with Gasteiger partial charge in [-0.2, -0.15) is 0 Å². The minimum atomic E-state index is 0.0576. The largest absolute Gasteiger partial charge is 0.304 e. The molecule has 0 fully saturated rings. The molecule has 0 atom stereocenters. The van der Waals surface area contributed by atoms with Gasteiger partial charge in [-0.1, -0.05) is 24.3 Å². The van der Waals surface area contributed by atoms with Crippen molar-refractivity contribution in [2.75, 3.05) is 8.01 Å². The number of hydrogen-bond donors (Lipinski definition) is 0. The van der Waals surface area contributed by atoms with Crippen LogP contribution in [0.25, 0.3) is 0 Å². The van der Waals surface area contributed by atoms with Crippen LogP contribution in [0.4, 0.5) is 17.1 Å². The Morgan fingerprint density at radius 2 is 1.45 bits per heavy atom. The zero-order valence-electron chi connectivity index (χ0n) is 11.4. The van der Waals surface area contributed by atoms with Gasteiger partial charge in [0, 0.05) is 6.04 Å². The van der Waals surface area contributed by atoms with Crippen LogP contribution in [0.5, 0.6) is 0 Å². The molecule has 102 valence electrons. The molecule has 3 rings (SSSR count). The fourth-order valence-corrected chi connectivity index (χ4v) is 3.37. The average Bonchev–Trinajstić information content (AvgIpc) is 2.55. The van der Waals surface area contributed by atoms with Crippen molar-refractivity contribution in [1.29, 1.82) is 0 Å². The van der Waals surface area contributed by atoms with Gasteiger partial charge >= 0.3 is 0 Å². The first-order valence-corrected chi connectivity index (χ1v) is 7.55. The predicted molar refractivity (Wildman–Crippen MR) is 91.0 cm³/mol. The maximum atomic E-state index is 12.9. The Hall–Kier alpha value is -1.56. The number of hydrogen-bond acceptors (Lipinski definition) is 2. The highest BCUT2D eigenvalue weighted by Crippen LogP contribution is 2.43. The molecule has 1 amide bonds. The smallest absolute Gasteiger partial charge is 0.260 e. The van der Waals surface area contributed by atoms with E-state index in [2.05, 4.69) is 26.0 Å². The highest BCUT2D eigenvalue weighted by molar-refractivity contribution is 14.1. The molecule has 0 saturated heterocycles. The van der Waals surface area contributed by atoms with E-state index < -0.39 is 0 Å². The van der Waals surface area contributed by atoms with Crippen molar-refractivity contribution in [3.63, 3.8) is 0 Å². The van der Waals surface area contributed by atoms with E-state index in [1.807, 2.05) is 67.3 Å². The molecule has 0 radical (unpaired) electrons. The molecule has 0 aliphatic carbocycles. The van der Waals surface area contributed by atoms with Gasteiger partial charge in [0.25, 0.3) is 5.91 Å². The average molecular weight is 378 g/mol. The molecule has 1 aliphatic heterocycles. The van der Waals surface area contributed by atoms with Crippen LogP contribution in [-0.2, 0) is 0 Å². The zero-order chi connectivity index (χ0) is 14.3. The SMILES string of the molecule is CC(C)N1C(=O)c2ccccc2N(I)c2ccccc21. The number of rotatable bonds is 1. The van der Waals surface area contributed by atoms with Gasteiger partial charge < -0.3 is 4.90 Å². The lowest BCUT2D eigenvalue weighted by Crippen LogP contribution is -2.36. The molecule has 2 aromatic carbocycles. The summed E-state index contributed by atoms with van der Waals surface area (Å²) in [6.07, 6.45) is 0. The standard InChI is InChI=1S/C16H15IN2O/c1-11(2)18-14-9-5-6-10-15(14)19(17)13-8-4-3-7-12(13)16(18)20/h3-11H,1-2H3. The van der Waals surface area contributed by atoms with Gasteiger partial charge in [0.1, 0.15) is 0 Å². The molecule has 1 heterocycles. The molecular formula is C16H15IN2O. The van der Waals surface area contributed by atoms with Crippen molar-refractivity contribution < 1.29 is 4.79 Å². The van der Waals surface area contributed by atoms with Gasteiger partial charge in [0.15, 0.2) is 0 Å². The van der Waals surface area contributed by atoms with E-state index in [0.29, 0.717) is 0 Å². The van der Waals surface area contributed by atoms with Crippen LogP contribution in [0.15, 0.2) is 48.5 Å². The number of para-hydroxylation sites is 3. The summed E-state index contributed by atoms with van der Waals surface area (Å²) < 4.78 is 2.06. The van der Waals surface area contributed by atoms with Crippen molar-refractivity contribution in [2.24, 2.45) is 0 Å². The summed E-state index contributed by atoms with van der Waals surface area (Å²) in [6, 6.07) is 15.9. The number of nitrogens with zero attached hydrogens (tertiary/aromatic N) is 2. The van der Waals surface area contributed by atoms with E-state index in [1.54, 1.807) is 0 Å². The molecule has 0 aromatic heterocycles. The fourth-order valence-electron chi connectivity index (χ4n) is 2.54. The van der Waals surface area contributed by atoms with Crippen LogP contribution in [0.3, 0.4) is 0 Å². The molecule has 0 bridgehead atoms. The van der Waals surface area contributed by atoms with E-state index in [0.717, 1.165) is 22.6 Å². The lowest BCUT2D eigenvalue weighted by Gasteiger charge is -2.27. The van der Waals surface area contributed by atoms with Crippen molar-refractivity contribution in [1.82, 2.24) is 0 Å². The predicted octanol–water partition coefficient (Wildman–Crippen LogP) is 4.54. The van der Waals surface area contributed by atoms with E-state index in [9.17, 15) is 4.79 Å². The Morgan fingerprint density at radius 1 is 0.900 bits per heavy atom. The Kier molecular flexibility index (Phi) is 3.41. The minimum absolute atomic E-state index is 0.0576. The maximum absolute atomic E-state index is 12.9. The molecule has 2 aromatic rings. The summed E-state index contributed by atoms with van der Waals surface area (Å²) >= 11 is 2.26. The van der Waals surface area contributed by atoms with Crippen LogP contribution >= 0.6 is 22.9 Å². The zero-order valence-corrected chi connectivity index (χ0v) is 13.5. The molecule has 3 nitrogen and oxygen atoms in total. The minimum Gasteiger partial charge on any atom is -0.304 e. The van der Waals surface area contributed by atoms with E-state index >= 15 is 0 Å². The van der Waals surface area contributed by atoms with Crippen LogP contribution in [0.2, 0.25) is 0 Å². The lowest BCUT2D eigenvalue weighted by atomic mass is 10.1. The molecule has 0 unspecified atom stereocenters. The first kappa shape index (κ1) is 13.4. The van der Waals surface area contributed by atoms with E-state index in [-0.39, 0.29) is 11.9 Å². The van der Waals surface area contributed by atoms with Crippen molar-refractivity contribution in [3.8, 4) is 0 Å². The summed E-state index contributed by atoms with van der Waals surface area (Å²) in [5.41, 5.74) is 3.68. The summed E-state index contributed by atoms with van der Waals surface area (Å²) in [5, 5.41) is 0. The highest BCUT2D eigenvalue weighted by Gasteiger charge is 2.31. The van der Waals surface area contributed by atoms with Gasteiger partial charge in [-0.3, -0.25) is 7.91 Å². The third-order valence-corrected chi connectivity index (χ3v) is 4.47. The number of halogens is 1. The lowest BCUT2D eigenvalue weighted by molar-refractivity contribution is 0.0982. The van der Waals surface area contributed by atoms with Gasteiger partial charge in [0.05, 0.1) is 45.5 Å². The fraction of sp³-hybridized carbons (Fsp3) is 0.188. The number of amides is 1. The second kappa shape index (κ2) is 5.09. The highest BCUT2D eigenvalue weighted by atomic mass is 127. The molecule has 4 heteroatoms. The normalized spacial score (nSPS) is 14.1. The number of carbonyl (C=O) groups is 1. The number of fused-ring (bicyclic) bond motifs is 2. The Labute approximate surface area is 132 Å². The first-order chi connectivity index (χ1) is 9.61. The maximum Gasteiger partial charge on any atom is 0.260 e.